The van der Waals surface area contributed by atoms with Gasteiger partial charge in [0.2, 0.25) is 0 Å². The van der Waals surface area contributed by atoms with Crippen LogP contribution in [0.2, 0.25) is 0 Å². The largest absolute Gasteiger partial charge is 0.491 e. The Bertz CT molecular complexity index is 1390. The fourth-order valence-corrected chi connectivity index (χ4v) is 4.23. The molecule has 0 N–H and O–H groups in total. The van der Waals surface area contributed by atoms with Crippen LogP contribution in [0.25, 0.3) is 21.8 Å². The van der Waals surface area contributed by atoms with Crippen molar-refractivity contribution in [1.29, 1.82) is 0 Å². The number of hydrogen-bond donors (Lipinski definition) is 0. The summed E-state index contributed by atoms with van der Waals surface area (Å²) in [6.07, 6.45) is 0. The Morgan fingerprint density at radius 2 is 1.55 bits per heavy atom. The van der Waals surface area contributed by atoms with Gasteiger partial charge in [0.05, 0.1) is 17.6 Å². The van der Waals surface area contributed by atoms with E-state index in [0.717, 1.165) is 28.4 Å². The molecule has 33 heavy (non-hydrogen) atoms. The second-order valence-electron chi connectivity index (χ2n) is 8.51. The lowest BCUT2D eigenvalue weighted by molar-refractivity contribution is 0.271. The molecule has 0 amide bonds. The predicted octanol–water partition coefficient (Wildman–Crippen LogP) is 6.97. The van der Waals surface area contributed by atoms with Crippen molar-refractivity contribution >= 4 is 21.8 Å². The molecule has 5 aromatic rings. The van der Waals surface area contributed by atoms with Gasteiger partial charge in [0, 0.05) is 0 Å². The molecule has 1 heterocycles. The molecule has 4 nitrogen and oxygen atoms in total. The smallest absolute Gasteiger partial charge is 0.148 e. The van der Waals surface area contributed by atoms with E-state index in [4.69, 9.17) is 14.5 Å². The van der Waals surface area contributed by atoms with Crippen molar-refractivity contribution in [2.45, 2.75) is 32.9 Å². The molecule has 0 atom stereocenters. The molecule has 5 rings (SSSR count). The highest BCUT2D eigenvalue weighted by atomic mass is 16.5. The first-order valence-electron chi connectivity index (χ1n) is 11.5. The Morgan fingerprint density at radius 1 is 0.788 bits per heavy atom. The van der Waals surface area contributed by atoms with Gasteiger partial charge in [-0.05, 0) is 52.6 Å². The lowest BCUT2D eigenvalue weighted by Crippen LogP contribution is -2.13. The highest BCUT2D eigenvalue weighted by Crippen LogP contribution is 2.26. The molecule has 1 aromatic heterocycles. The number of rotatable bonds is 8. The van der Waals surface area contributed by atoms with Gasteiger partial charge in [-0.25, -0.2) is 4.98 Å². The van der Waals surface area contributed by atoms with E-state index in [1.54, 1.807) is 0 Å². The van der Waals surface area contributed by atoms with Crippen LogP contribution in [0.5, 0.6) is 11.5 Å². The van der Waals surface area contributed by atoms with Crippen molar-refractivity contribution in [2.75, 3.05) is 6.61 Å². The summed E-state index contributed by atoms with van der Waals surface area (Å²) in [6, 6.07) is 31.0. The van der Waals surface area contributed by atoms with Gasteiger partial charge in [-0.15, -0.1) is 0 Å². The van der Waals surface area contributed by atoms with Crippen LogP contribution in [0, 0.1) is 0 Å². The number of imidazole rings is 1. The molecule has 4 aromatic carbocycles. The van der Waals surface area contributed by atoms with Crippen LogP contribution in [-0.4, -0.2) is 16.2 Å². The van der Waals surface area contributed by atoms with E-state index in [0.29, 0.717) is 25.7 Å². The Kier molecular flexibility index (Phi) is 5.99. The number of nitrogens with zero attached hydrogens (tertiary/aromatic N) is 2. The van der Waals surface area contributed by atoms with E-state index in [1.165, 1.54) is 16.3 Å². The Hall–Kier alpha value is -3.79. The number of benzene rings is 4. The van der Waals surface area contributed by atoms with Crippen LogP contribution in [0.4, 0.5) is 0 Å². The van der Waals surface area contributed by atoms with Gasteiger partial charge in [-0.1, -0.05) is 74.5 Å². The molecule has 0 unspecified atom stereocenters. The van der Waals surface area contributed by atoms with E-state index >= 15 is 0 Å². The maximum Gasteiger partial charge on any atom is 0.148 e. The van der Waals surface area contributed by atoms with Crippen LogP contribution >= 0.6 is 0 Å². The monoisotopic (exact) mass is 436 g/mol. The molecule has 0 aliphatic carbocycles. The molecule has 0 saturated carbocycles. The maximum atomic E-state index is 6.20. The fraction of sp³-hybridized carbons (Fsp3) is 0.207. The van der Waals surface area contributed by atoms with Gasteiger partial charge in [-0.2, -0.15) is 0 Å². The van der Waals surface area contributed by atoms with Crippen molar-refractivity contribution in [3.63, 3.8) is 0 Å². The molecule has 0 aliphatic heterocycles. The van der Waals surface area contributed by atoms with Crippen LogP contribution in [0.3, 0.4) is 0 Å². The number of fused-ring (bicyclic) bond motifs is 2. The van der Waals surface area contributed by atoms with E-state index < -0.39 is 0 Å². The number of para-hydroxylation sites is 3. The molecular formula is C29H28N2O2. The van der Waals surface area contributed by atoms with Crippen LogP contribution in [0.1, 0.15) is 31.2 Å². The summed E-state index contributed by atoms with van der Waals surface area (Å²) in [5.41, 5.74) is 3.29. The van der Waals surface area contributed by atoms with E-state index in [9.17, 15) is 0 Å². The third kappa shape index (κ3) is 4.56. The number of hydrogen-bond acceptors (Lipinski definition) is 3. The Morgan fingerprint density at radius 3 is 2.42 bits per heavy atom. The zero-order valence-electron chi connectivity index (χ0n) is 19.1. The van der Waals surface area contributed by atoms with Gasteiger partial charge in [-0.3, -0.25) is 0 Å². The lowest BCUT2D eigenvalue weighted by atomic mass is 10.0. The molecule has 0 spiro atoms. The lowest BCUT2D eigenvalue weighted by Gasteiger charge is -2.15. The highest BCUT2D eigenvalue weighted by Gasteiger charge is 2.13. The minimum atomic E-state index is 0.398. The minimum absolute atomic E-state index is 0.398. The summed E-state index contributed by atoms with van der Waals surface area (Å²) in [6.45, 7) is 6.04. The highest BCUT2D eigenvalue weighted by molar-refractivity contribution is 5.83. The molecule has 166 valence electrons. The fourth-order valence-electron chi connectivity index (χ4n) is 4.23. The van der Waals surface area contributed by atoms with Crippen LogP contribution in [0.15, 0.2) is 91.0 Å². The third-order valence-electron chi connectivity index (χ3n) is 5.94. The second-order valence-corrected chi connectivity index (χ2v) is 8.51. The Labute approximate surface area is 194 Å². The molecule has 0 radical (unpaired) electrons. The van der Waals surface area contributed by atoms with E-state index in [-0.39, 0.29) is 0 Å². The number of ether oxygens (including phenoxy) is 2. The topological polar surface area (TPSA) is 36.3 Å². The van der Waals surface area contributed by atoms with Gasteiger partial charge in [0.25, 0.3) is 0 Å². The van der Waals surface area contributed by atoms with Crippen LogP contribution < -0.4 is 9.47 Å². The van der Waals surface area contributed by atoms with Crippen molar-refractivity contribution < 1.29 is 9.47 Å². The summed E-state index contributed by atoms with van der Waals surface area (Å²) in [5.74, 6) is 3.10. The van der Waals surface area contributed by atoms with Gasteiger partial charge >= 0.3 is 0 Å². The summed E-state index contributed by atoms with van der Waals surface area (Å²) in [5, 5.41) is 2.37. The second kappa shape index (κ2) is 9.37. The average Bonchev–Trinajstić information content (AvgIpc) is 3.20. The SMILES string of the molecule is CC(C)c1ccccc1OCCn1c(COc2ccc3ccccc3c2)nc2ccccc21. The maximum absolute atomic E-state index is 6.20. The van der Waals surface area contributed by atoms with Crippen LogP contribution in [-0.2, 0) is 13.2 Å². The first kappa shape index (κ1) is 21.1. The minimum Gasteiger partial charge on any atom is -0.491 e. The zero-order valence-corrected chi connectivity index (χ0v) is 19.1. The van der Waals surface area contributed by atoms with Gasteiger partial charge in [0.15, 0.2) is 0 Å². The summed E-state index contributed by atoms with van der Waals surface area (Å²) in [7, 11) is 0. The van der Waals surface area contributed by atoms with Crippen molar-refractivity contribution in [2.24, 2.45) is 0 Å². The molecule has 0 bridgehead atoms. The third-order valence-corrected chi connectivity index (χ3v) is 5.94. The van der Waals surface area contributed by atoms with Crippen molar-refractivity contribution in [1.82, 2.24) is 9.55 Å². The molecule has 0 aliphatic rings. The molecule has 0 fully saturated rings. The first-order valence-corrected chi connectivity index (χ1v) is 11.5. The summed E-state index contributed by atoms with van der Waals surface area (Å²) >= 11 is 0. The quantitative estimate of drug-likeness (QED) is 0.263. The Balaban J connectivity index is 1.35. The molecule has 0 saturated heterocycles. The summed E-state index contributed by atoms with van der Waals surface area (Å²) in [4.78, 5) is 4.84. The molecular weight excluding hydrogens is 408 g/mol. The van der Waals surface area contributed by atoms with E-state index in [2.05, 4.69) is 60.9 Å². The zero-order chi connectivity index (χ0) is 22.6. The first-order chi connectivity index (χ1) is 16.2. The van der Waals surface area contributed by atoms with Crippen molar-refractivity contribution in [3.05, 3.63) is 102 Å². The predicted molar refractivity (Wildman–Crippen MR) is 134 cm³/mol. The average molecular weight is 437 g/mol. The number of aromatic nitrogens is 2. The summed E-state index contributed by atoms with van der Waals surface area (Å²) < 4.78 is 14.6. The standard InChI is InChI=1S/C29H28N2O2/c1-21(2)25-11-5-8-14-28(25)32-18-17-31-27-13-7-6-12-26(27)30-29(31)20-33-24-16-15-22-9-3-4-10-23(22)19-24/h3-16,19,21H,17-18,20H2,1-2H3. The van der Waals surface area contributed by atoms with Crippen molar-refractivity contribution in [3.8, 4) is 11.5 Å². The van der Waals surface area contributed by atoms with Gasteiger partial charge in [0.1, 0.15) is 30.5 Å². The molecule has 4 heteroatoms. The van der Waals surface area contributed by atoms with E-state index in [1.807, 2.05) is 48.5 Å². The normalized spacial score (nSPS) is 11.4. The van der Waals surface area contributed by atoms with Gasteiger partial charge < -0.3 is 14.0 Å².